The van der Waals surface area contributed by atoms with Crippen molar-refractivity contribution >= 4 is 8.80 Å². The number of hydrogen-bond donors (Lipinski definition) is 0. The zero-order valence-electron chi connectivity index (χ0n) is 7.58. The van der Waals surface area contributed by atoms with E-state index in [2.05, 4.69) is 40.8 Å². The molecule has 0 saturated carbocycles. The lowest BCUT2D eigenvalue weighted by atomic mass is 9.99. The van der Waals surface area contributed by atoms with Gasteiger partial charge in [-0.3, -0.25) is 0 Å². The molecule has 0 aliphatic carbocycles. The summed E-state index contributed by atoms with van der Waals surface area (Å²) in [6.45, 7) is 14.2. The highest BCUT2D eigenvalue weighted by molar-refractivity contribution is 6.59. The van der Waals surface area contributed by atoms with Crippen LogP contribution in [0.4, 0.5) is 0 Å². The molecule has 0 aromatic heterocycles. The molecule has 0 aromatic carbocycles. The summed E-state index contributed by atoms with van der Waals surface area (Å²) in [4.78, 5) is 0. The minimum Gasteiger partial charge on any atom is -0.0709 e. The summed E-state index contributed by atoms with van der Waals surface area (Å²) < 4.78 is 0. The minimum absolute atomic E-state index is 0.110. The molecule has 0 spiro atoms. The Morgan fingerprint density at radius 1 is 1.11 bits per heavy atom. The SMILES string of the molecule is CC(C)C(C)(C)[Si](C)C. The normalized spacial score (nSPS) is 13.3. The highest BCUT2D eigenvalue weighted by Crippen LogP contribution is 2.36. The van der Waals surface area contributed by atoms with Crippen molar-refractivity contribution in [2.75, 3.05) is 0 Å². The van der Waals surface area contributed by atoms with Crippen LogP contribution in [0.3, 0.4) is 0 Å². The Balaban J connectivity index is 4.01. The van der Waals surface area contributed by atoms with Gasteiger partial charge in [0.05, 0.1) is 0 Å². The predicted octanol–water partition coefficient (Wildman–Crippen LogP) is 3.18. The van der Waals surface area contributed by atoms with Gasteiger partial charge in [0, 0.05) is 8.80 Å². The maximum Gasteiger partial charge on any atom is 0.0476 e. The average Bonchev–Trinajstić information content (AvgIpc) is 1.65. The van der Waals surface area contributed by atoms with Crippen molar-refractivity contribution < 1.29 is 0 Å². The molecular weight excluding hydrogens is 124 g/mol. The Labute approximate surface area is 61.3 Å². The average molecular weight is 143 g/mol. The first-order valence-corrected chi connectivity index (χ1v) is 6.19. The van der Waals surface area contributed by atoms with Gasteiger partial charge in [-0.05, 0) is 11.0 Å². The molecule has 0 heterocycles. The van der Waals surface area contributed by atoms with Crippen LogP contribution in [0.15, 0.2) is 0 Å². The van der Waals surface area contributed by atoms with Crippen molar-refractivity contribution in [3.05, 3.63) is 0 Å². The molecule has 0 unspecified atom stereocenters. The monoisotopic (exact) mass is 143 g/mol. The van der Waals surface area contributed by atoms with E-state index in [0.717, 1.165) is 5.92 Å². The van der Waals surface area contributed by atoms with E-state index in [4.69, 9.17) is 0 Å². The van der Waals surface area contributed by atoms with Crippen LogP contribution in [-0.4, -0.2) is 8.80 Å². The van der Waals surface area contributed by atoms with Crippen LogP contribution >= 0.6 is 0 Å². The second-order valence-corrected chi connectivity index (χ2v) is 7.17. The highest BCUT2D eigenvalue weighted by Gasteiger charge is 2.26. The molecule has 0 nitrogen and oxygen atoms in total. The Morgan fingerprint density at radius 2 is 1.44 bits per heavy atom. The quantitative estimate of drug-likeness (QED) is 0.521. The van der Waals surface area contributed by atoms with Gasteiger partial charge >= 0.3 is 0 Å². The van der Waals surface area contributed by atoms with Crippen molar-refractivity contribution in [3.8, 4) is 0 Å². The predicted molar refractivity (Wildman–Crippen MR) is 46.4 cm³/mol. The van der Waals surface area contributed by atoms with Gasteiger partial charge in [0.1, 0.15) is 0 Å². The van der Waals surface area contributed by atoms with Crippen LogP contribution in [0.2, 0.25) is 18.1 Å². The molecule has 0 aliphatic heterocycles. The van der Waals surface area contributed by atoms with Gasteiger partial charge in [-0.1, -0.05) is 40.8 Å². The van der Waals surface area contributed by atoms with Crippen LogP contribution in [0.1, 0.15) is 27.7 Å². The van der Waals surface area contributed by atoms with Gasteiger partial charge in [0.25, 0.3) is 0 Å². The molecule has 0 aromatic rings. The third kappa shape index (κ3) is 2.13. The summed E-state index contributed by atoms with van der Waals surface area (Å²) in [7, 11) is -0.110. The van der Waals surface area contributed by atoms with Gasteiger partial charge in [-0.25, -0.2) is 0 Å². The molecule has 0 saturated heterocycles. The number of hydrogen-bond acceptors (Lipinski definition) is 0. The van der Waals surface area contributed by atoms with Crippen LogP contribution in [-0.2, 0) is 0 Å². The third-order valence-electron chi connectivity index (χ3n) is 2.73. The molecule has 0 N–H and O–H groups in total. The summed E-state index contributed by atoms with van der Waals surface area (Å²) >= 11 is 0. The lowest BCUT2D eigenvalue weighted by Gasteiger charge is -2.32. The molecule has 0 atom stereocenters. The molecule has 1 heteroatoms. The molecule has 55 valence electrons. The Hall–Kier alpha value is 0.217. The molecule has 0 aliphatic rings. The molecular formula is C8H19Si. The Kier molecular flexibility index (Phi) is 2.94. The Bertz CT molecular complexity index is 72.6. The standard InChI is InChI=1S/C8H19Si/c1-7(2)8(3,4)9(5)6/h7H,1-6H3. The number of rotatable bonds is 2. The van der Waals surface area contributed by atoms with Crippen molar-refractivity contribution in [1.29, 1.82) is 0 Å². The zero-order valence-corrected chi connectivity index (χ0v) is 8.58. The fourth-order valence-corrected chi connectivity index (χ4v) is 1.73. The van der Waals surface area contributed by atoms with E-state index in [1.807, 2.05) is 0 Å². The first kappa shape index (κ1) is 9.22. The van der Waals surface area contributed by atoms with Crippen molar-refractivity contribution in [3.63, 3.8) is 0 Å². The first-order chi connectivity index (χ1) is 3.89. The summed E-state index contributed by atoms with van der Waals surface area (Å²) in [6, 6.07) is 0. The van der Waals surface area contributed by atoms with E-state index in [0.29, 0.717) is 5.04 Å². The summed E-state index contributed by atoms with van der Waals surface area (Å²) in [6.07, 6.45) is 0. The van der Waals surface area contributed by atoms with Gasteiger partial charge in [0.15, 0.2) is 0 Å². The summed E-state index contributed by atoms with van der Waals surface area (Å²) in [5, 5.41) is 0.602. The van der Waals surface area contributed by atoms with E-state index in [-0.39, 0.29) is 8.80 Å². The van der Waals surface area contributed by atoms with E-state index in [1.54, 1.807) is 0 Å². The lowest BCUT2D eigenvalue weighted by molar-refractivity contribution is 0.468. The fraction of sp³-hybridized carbons (Fsp3) is 1.00. The van der Waals surface area contributed by atoms with E-state index < -0.39 is 0 Å². The lowest BCUT2D eigenvalue weighted by Crippen LogP contribution is -2.26. The maximum atomic E-state index is 2.39. The molecule has 0 rings (SSSR count). The topological polar surface area (TPSA) is 0 Å². The van der Waals surface area contributed by atoms with Crippen LogP contribution in [0, 0.1) is 5.92 Å². The summed E-state index contributed by atoms with van der Waals surface area (Å²) in [5.74, 6) is 0.835. The van der Waals surface area contributed by atoms with Gasteiger partial charge in [-0.15, -0.1) is 0 Å². The van der Waals surface area contributed by atoms with Crippen molar-refractivity contribution in [2.45, 2.75) is 45.8 Å². The van der Waals surface area contributed by atoms with Crippen LogP contribution < -0.4 is 0 Å². The first-order valence-electron chi connectivity index (χ1n) is 3.69. The van der Waals surface area contributed by atoms with Crippen LogP contribution in [0.5, 0.6) is 0 Å². The van der Waals surface area contributed by atoms with Gasteiger partial charge < -0.3 is 0 Å². The second kappa shape index (κ2) is 2.87. The summed E-state index contributed by atoms with van der Waals surface area (Å²) in [5.41, 5.74) is 0. The van der Waals surface area contributed by atoms with E-state index in [9.17, 15) is 0 Å². The van der Waals surface area contributed by atoms with E-state index in [1.165, 1.54) is 0 Å². The minimum atomic E-state index is -0.110. The third-order valence-corrected chi connectivity index (χ3v) is 5.89. The van der Waals surface area contributed by atoms with Crippen molar-refractivity contribution in [1.82, 2.24) is 0 Å². The molecule has 9 heavy (non-hydrogen) atoms. The molecule has 0 amide bonds. The molecule has 1 radical (unpaired) electrons. The molecule has 0 fully saturated rings. The maximum absolute atomic E-state index is 2.39. The second-order valence-electron chi connectivity index (χ2n) is 3.88. The Morgan fingerprint density at radius 3 is 1.44 bits per heavy atom. The molecule has 0 bridgehead atoms. The van der Waals surface area contributed by atoms with Gasteiger partial charge in [0.2, 0.25) is 0 Å². The smallest absolute Gasteiger partial charge is 0.0476 e. The largest absolute Gasteiger partial charge is 0.0709 e. The van der Waals surface area contributed by atoms with E-state index >= 15 is 0 Å². The van der Waals surface area contributed by atoms with Crippen LogP contribution in [0.25, 0.3) is 0 Å². The highest BCUT2D eigenvalue weighted by atomic mass is 28.3. The fourth-order valence-electron chi connectivity index (χ4n) is 0.577. The van der Waals surface area contributed by atoms with Gasteiger partial charge in [-0.2, -0.15) is 0 Å². The zero-order chi connectivity index (χ0) is 7.65. The van der Waals surface area contributed by atoms with Crippen molar-refractivity contribution in [2.24, 2.45) is 5.92 Å².